The number of aliphatic hydroxyl groups excluding tert-OH is 1. The van der Waals surface area contributed by atoms with E-state index in [0.29, 0.717) is 19.7 Å². The summed E-state index contributed by atoms with van der Waals surface area (Å²) in [5.74, 6) is -0.246. The number of amides is 1. The summed E-state index contributed by atoms with van der Waals surface area (Å²) in [6.45, 7) is 1.08. The number of nitrogens with zero attached hydrogens (tertiary/aromatic N) is 1. The van der Waals surface area contributed by atoms with E-state index in [4.69, 9.17) is 9.84 Å². The van der Waals surface area contributed by atoms with E-state index in [2.05, 4.69) is 4.98 Å². The van der Waals surface area contributed by atoms with Crippen LogP contribution in [-0.4, -0.2) is 53.3 Å². The van der Waals surface area contributed by atoms with E-state index in [9.17, 15) is 9.59 Å². The molecule has 0 aromatic carbocycles. The molecule has 1 aliphatic heterocycles. The van der Waals surface area contributed by atoms with Gasteiger partial charge in [-0.2, -0.15) is 0 Å². The zero-order chi connectivity index (χ0) is 12.3. The minimum absolute atomic E-state index is 0.116. The first-order chi connectivity index (χ1) is 8.20. The molecule has 2 N–H and O–H groups in total. The van der Waals surface area contributed by atoms with Gasteiger partial charge in [-0.15, -0.1) is 0 Å². The molecule has 1 unspecified atom stereocenters. The normalized spacial score (nSPS) is 20.3. The number of carbonyl (C=O) groups excluding carboxylic acids is 1. The molecule has 6 heteroatoms. The van der Waals surface area contributed by atoms with Crippen LogP contribution in [0.15, 0.2) is 23.0 Å². The molecule has 0 bridgehead atoms. The highest BCUT2D eigenvalue weighted by atomic mass is 16.5. The number of aromatic nitrogens is 1. The maximum Gasteiger partial charge on any atom is 0.270 e. The van der Waals surface area contributed by atoms with Gasteiger partial charge >= 0.3 is 0 Å². The van der Waals surface area contributed by atoms with Crippen molar-refractivity contribution in [2.24, 2.45) is 0 Å². The molecular weight excluding hydrogens is 224 g/mol. The predicted molar refractivity (Wildman–Crippen MR) is 59.8 cm³/mol. The summed E-state index contributed by atoms with van der Waals surface area (Å²) in [7, 11) is 0. The molecule has 92 valence electrons. The molecule has 0 spiro atoms. The highest BCUT2D eigenvalue weighted by Crippen LogP contribution is 2.08. The van der Waals surface area contributed by atoms with E-state index in [1.165, 1.54) is 12.1 Å². The first-order valence-electron chi connectivity index (χ1n) is 5.42. The second-order valence-electron chi connectivity index (χ2n) is 3.86. The largest absolute Gasteiger partial charge is 0.394 e. The summed E-state index contributed by atoms with van der Waals surface area (Å²) in [6, 6.07) is 4.45. The molecule has 6 nitrogen and oxygen atoms in total. The van der Waals surface area contributed by atoms with Crippen LogP contribution in [0.3, 0.4) is 0 Å². The SMILES string of the molecule is O=C(c1cccc(=O)[nH]1)N1CCOC(CO)C1. The number of carbonyl (C=O) groups is 1. The number of morpholine rings is 1. The fraction of sp³-hybridized carbons (Fsp3) is 0.455. The molecule has 1 fully saturated rings. The Hall–Kier alpha value is -1.66. The Balaban J connectivity index is 2.12. The third kappa shape index (κ3) is 2.72. The molecule has 1 saturated heterocycles. The van der Waals surface area contributed by atoms with Gasteiger partial charge in [0.15, 0.2) is 0 Å². The van der Waals surface area contributed by atoms with Crippen molar-refractivity contribution in [3.63, 3.8) is 0 Å². The van der Waals surface area contributed by atoms with Crippen LogP contribution in [0.4, 0.5) is 0 Å². The predicted octanol–water partition coefficient (Wildman–Crippen LogP) is -0.792. The van der Waals surface area contributed by atoms with Gasteiger partial charge in [0.05, 0.1) is 19.3 Å². The molecule has 2 rings (SSSR count). The third-order valence-corrected chi connectivity index (χ3v) is 2.63. The molecule has 1 aromatic rings. The molecule has 1 atom stereocenters. The number of ether oxygens (including phenoxy) is 1. The Kier molecular flexibility index (Phi) is 3.55. The summed E-state index contributed by atoms with van der Waals surface area (Å²) >= 11 is 0. The van der Waals surface area contributed by atoms with Crippen molar-refractivity contribution in [1.82, 2.24) is 9.88 Å². The average Bonchev–Trinajstić information content (AvgIpc) is 2.38. The number of H-pyrrole nitrogens is 1. The lowest BCUT2D eigenvalue weighted by Gasteiger charge is -2.31. The molecule has 0 radical (unpaired) electrons. The smallest absolute Gasteiger partial charge is 0.270 e. The van der Waals surface area contributed by atoms with Crippen LogP contribution < -0.4 is 5.56 Å². The molecule has 1 amide bonds. The highest BCUT2D eigenvalue weighted by Gasteiger charge is 2.24. The van der Waals surface area contributed by atoms with Gasteiger partial charge in [0, 0.05) is 19.2 Å². The van der Waals surface area contributed by atoms with E-state index in [-0.39, 0.29) is 29.9 Å². The van der Waals surface area contributed by atoms with Crippen LogP contribution in [0.1, 0.15) is 10.5 Å². The van der Waals surface area contributed by atoms with Gasteiger partial charge in [-0.25, -0.2) is 0 Å². The van der Waals surface area contributed by atoms with Gasteiger partial charge in [0.25, 0.3) is 5.91 Å². The number of aliphatic hydroxyl groups is 1. The number of aromatic amines is 1. The van der Waals surface area contributed by atoms with Crippen molar-refractivity contribution in [3.8, 4) is 0 Å². The zero-order valence-electron chi connectivity index (χ0n) is 9.26. The number of hydrogen-bond acceptors (Lipinski definition) is 4. The van der Waals surface area contributed by atoms with E-state index in [0.717, 1.165) is 0 Å². The minimum Gasteiger partial charge on any atom is -0.394 e. The molecule has 1 aliphatic rings. The van der Waals surface area contributed by atoms with Gasteiger partial charge in [0.2, 0.25) is 5.56 Å². The van der Waals surface area contributed by atoms with Crippen LogP contribution in [0, 0.1) is 0 Å². The topological polar surface area (TPSA) is 82.6 Å². The van der Waals surface area contributed by atoms with Crippen molar-refractivity contribution in [1.29, 1.82) is 0 Å². The second kappa shape index (κ2) is 5.11. The average molecular weight is 238 g/mol. The lowest BCUT2D eigenvalue weighted by molar-refractivity contribution is -0.0448. The third-order valence-electron chi connectivity index (χ3n) is 2.63. The molecule has 1 aromatic heterocycles. The number of pyridine rings is 1. The molecule has 17 heavy (non-hydrogen) atoms. The maximum atomic E-state index is 12.0. The maximum absolute atomic E-state index is 12.0. The zero-order valence-corrected chi connectivity index (χ0v) is 9.26. The summed E-state index contributed by atoms with van der Waals surface area (Å²) in [4.78, 5) is 27.2. The number of rotatable bonds is 2. The molecule has 0 saturated carbocycles. The monoisotopic (exact) mass is 238 g/mol. The molecular formula is C11H14N2O4. The Labute approximate surface area is 97.8 Å². The first kappa shape index (κ1) is 11.8. The van der Waals surface area contributed by atoms with Crippen LogP contribution in [0.2, 0.25) is 0 Å². The van der Waals surface area contributed by atoms with Gasteiger partial charge < -0.3 is 19.7 Å². The number of nitrogens with one attached hydrogen (secondary N) is 1. The highest BCUT2D eigenvalue weighted by molar-refractivity contribution is 5.92. The summed E-state index contributed by atoms with van der Waals surface area (Å²) in [6.07, 6.45) is -0.344. The van der Waals surface area contributed by atoms with Gasteiger partial charge in [-0.1, -0.05) is 6.07 Å². The van der Waals surface area contributed by atoms with Crippen molar-refractivity contribution >= 4 is 5.91 Å². The Morgan fingerprint density at radius 1 is 1.59 bits per heavy atom. The fourth-order valence-electron chi connectivity index (χ4n) is 1.76. The summed E-state index contributed by atoms with van der Waals surface area (Å²) in [5.41, 5.74) is -0.0427. The van der Waals surface area contributed by atoms with Crippen molar-refractivity contribution in [3.05, 3.63) is 34.2 Å². The summed E-state index contributed by atoms with van der Waals surface area (Å²) in [5, 5.41) is 8.98. The van der Waals surface area contributed by atoms with Crippen molar-refractivity contribution < 1.29 is 14.6 Å². The minimum atomic E-state index is -0.344. The Morgan fingerprint density at radius 2 is 2.41 bits per heavy atom. The quantitative estimate of drug-likeness (QED) is 0.707. The van der Waals surface area contributed by atoms with Gasteiger partial charge in [-0.05, 0) is 6.07 Å². The standard InChI is InChI=1S/C11H14N2O4/c14-7-8-6-13(4-5-17-8)11(16)9-2-1-3-10(15)12-9/h1-3,8,14H,4-7H2,(H,12,15). The lowest BCUT2D eigenvalue weighted by atomic mass is 10.2. The summed E-state index contributed by atoms with van der Waals surface area (Å²) < 4.78 is 5.25. The van der Waals surface area contributed by atoms with E-state index >= 15 is 0 Å². The van der Waals surface area contributed by atoms with E-state index < -0.39 is 0 Å². The van der Waals surface area contributed by atoms with Crippen LogP contribution >= 0.6 is 0 Å². The van der Waals surface area contributed by atoms with Crippen molar-refractivity contribution in [2.45, 2.75) is 6.10 Å². The van der Waals surface area contributed by atoms with Crippen LogP contribution in [0.5, 0.6) is 0 Å². The molecule has 0 aliphatic carbocycles. The Morgan fingerprint density at radius 3 is 3.12 bits per heavy atom. The van der Waals surface area contributed by atoms with Gasteiger partial charge in [0.1, 0.15) is 5.69 Å². The number of hydrogen-bond donors (Lipinski definition) is 2. The lowest BCUT2D eigenvalue weighted by Crippen LogP contribution is -2.47. The Bertz CT molecular complexity index is 457. The van der Waals surface area contributed by atoms with E-state index in [1.54, 1.807) is 11.0 Å². The first-order valence-corrected chi connectivity index (χ1v) is 5.42. The van der Waals surface area contributed by atoms with Crippen molar-refractivity contribution in [2.75, 3.05) is 26.3 Å². The van der Waals surface area contributed by atoms with E-state index in [1.807, 2.05) is 0 Å². The fourth-order valence-corrected chi connectivity index (χ4v) is 1.76. The van der Waals surface area contributed by atoms with Gasteiger partial charge in [-0.3, -0.25) is 9.59 Å². The van der Waals surface area contributed by atoms with Crippen LogP contribution in [0.25, 0.3) is 0 Å². The van der Waals surface area contributed by atoms with Crippen LogP contribution in [-0.2, 0) is 4.74 Å². The second-order valence-corrected chi connectivity index (χ2v) is 3.86. The molecule has 2 heterocycles.